The zero-order valence-corrected chi connectivity index (χ0v) is 14.3. The average Bonchev–Trinajstić information content (AvgIpc) is 2.77. The molecule has 1 amide bonds. The number of nitrogens with zero attached hydrogens (tertiary/aromatic N) is 3. The molecule has 1 atom stereocenters. The second-order valence-corrected chi connectivity index (χ2v) is 6.22. The SMILES string of the molecule is Cc1nc(C)n(CCCNC(=O)C2CCOc3ccccc3C2)n1. The van der Waals surface area contributed by atoms with E-state index >= 15 is 0 Å². The summed E-state index contributed by atoms with van der Waals surface area (Å²) in [5.74, 6) is 2.70. The molecule has 6 heteroatoms. The van der Waals surface area contributed by atoms with Gasteiger partial charge in [-0.2, -0.15) is 5.10 Å². The van der Waals surface area contributed by atoms with Crippen molar-refractivity contribution in [1.82, 2.24) is 20.1 Å². The molecule has 1 aliphatic heterocycles. The third kappa shape index (κ3) is 3.93. The Morgan fingerprint density at radius 1 is 1.38 bits per heavy atom. The van der Waals surface area contributed by atoms with Crippen LogP contribution in [0.25, 0.3) is 0 Å². The molecule has 2 heterocycles. The Kier molecular flexibility index (Phi) is 5.13. The molecule has 128 valence electrons. The van der Waals surface area contributed by atoms with Gasteiger partial charge in [0, 0.05) is 19.0 Å². The number of fused-ring (bicyclic) bond motifs is 1. The fraction of sp³-hybridized carbons (Fsp3) is 0.500. The molecule has 1 aromatic heterocycles. The lowest BCUT2D eigenvalue weighted by molar-refractivity contribution is -0.125. The van der Waals surface area contributed by atoms with E-state index in [9.17, 15) is 4.79 Å². The maximum absolute atomic E-state index is 12.4. The standard InChI is InChI=1S/C18H24N4O2/c1-13-20-14(2)22(21-13)10-5-9-19-18(23)16-8-11-24-17-7-4-3-6-15(17)12-16/h3-4,6-7,16H,5,8-12H2,1-2H3,(H,19,23). The maximum Gasteiger partial charge on any atom is 0.223 e. The lowest BCUT2D eigenvalue weighted by atomic mass is 9.96. The van der Waals surface area contributed by atoms with Crippen molar-refractivity contribution >= 4 is 5.91 Å². The normalized spacial score (nSPS) is 16.8. The van der Waals surface area contributed by atoms with Gasteiger partial charge in [0.1, 0.15) is 17.4 Å². The Labute approximate surface area is 142 Å². The molecular formula is C18H24N4O2. The highest BCUT2D eigenvalue weighted by Gasteiger charge is 2.23. The van der Waals surface area contributed by atoms with Crippen LogP contribution in [0.4, 0.5) is 0 Å². The Hall–Kier alpha value is -2.37. The van der Waals surface area contributed by atoms with E-state index < -0.39 is 0 Å². The lowest BCUT2D eigenvalue weighted by Crippen LogP contribution is -2.33. The second kappa shape index (κ2) is 7.47. The minimum absolute atomic E-state index is 0.0241. The monoisotopic (exact) mass is 328 g/mol. The van der Waals surface area contributed by atoms with Gasteiger partial charge >= 0.3 is 0 Å². The molecule has 0 radical (unpaired) electrons. The van der Waals surface area contributed by atoms with Crippen LogP contribution < -0.4 is 10.1 Å². The van der Waals surface area contributed by atoms with Crippen molar-refractivity contribution in [2.45, 2.75) is 39.7 Å². The number of aryl methyl sites for hydroxylation is 3. The summed E-state index contributed by atoms with van der Waals surface area (Å²) in [5.41, 5.74) is 1.11. The van der Waals surface area contributed by atoms with E-state index in [1.807, 2.05) is 42.8 Å². The van der Waals surface area contributed by atoms with E-state index in [1.54, 1.807) is 0 Å². The van der Waals surface area contributed by atoms with Gasteiger partial charge in [-0.1, -0.05) is 18.2 Å². The summed E-state index contributed by atoms with van der Waals surface area (Å²) < 4.78 is 7.62. The van der Waals surface area contributed by atoms with Crippen molar-refractivity contribution in [2.24, 2.45) is 5.92 Å². The molecule has 0 saturated heterocycles. The zero-order chi connectivity index (χ0) is 16.9. The summed E-state index contributed by atoms with van der Waals surface area (Å²) >= 11 is 0. The van der Waals surface area contributed by atoms with Gasteiger partial charge in [0.2, 0.25) is 5.91 Å². The first-order valence-electron chi connectivity index (χ1n) is 8.50. The first kappa shape index (κ1) is 16.5. The van der Waals surface area contributed by atoms with Crippen LogP contribution in [0.3, 0.4) is 0 Å². The van der Waals surface area contributed by atoms with Crippen molar-refractivity contribution in [3.8, 4) is 5.75 Å². The third-order valence-corrected chi connectivity index (χ3v) is 4.34. The van der Waals surface area contributed by atoms with Crippen molar-refractivity contribution < 1.29 is 9.53 Å². The third-order valence-electron chi connectivity index (χ3n) is 4.34. The van der Waals surface area contributed by atoms with E-state index in [1.165, 1.54) is 0 Å². The Balaban J connectivity index is 1.47. The number of hydrogen-bond acceptors (Lipinski definition) is 4. The molecule has 1 unspecified atom stereocenters. The van der Waals surface area contributed by atoms with Gasteiger partial charge in [0.15, 0.2) is 0 Å². The van der Waals surface area contributed by atoms with Gasteiger partial charge in [-0.05, 0) is 44.7 Å². The number of nitrogens with one attached hydrogen (secondary N) is 1. The van der Waals surface area contributed by atoms with Gasteiger partial charge < -0.3 is 10.1 Å². The summed E-state index contributed by atoms with van der Waals surface area (Å²) in [5, 5.41) is 7.38. The van der Waals surface area contributed by atoms with Crippen LogP contribution in [0.1, 0.15) is 30.1 Å². The van der Waals surface area contributed by atoms with Gasteiger partial charge in [0.05, 0.1) is 6.61 Å². The molecule has 0 fully saturated rings. The number of carbonyl (C=O) groups excluding carboxylic acids is 1. The Morgan fingerprint density at radius 3 is 3.00 bits per heavy atom. The van der Waals surface area contributed by atoms with Crippen LogP contribution in [-0.4, -0.2) is 33.8 Å². The predicted molar refractivity (Wildman–Crippen MR) is 90.9 cm³/mol. The van der Waals surface area contributed by atoms with Gasteiger partial charge in [-0.25, -0.2) is 4.98 Å². The number of para-hydroxylation sites is 1. The van der Waals surface area contributed by atoms with Crippen LogP contribution in [0.2, 0.25) is 0 Å². The number of amides is 1. The van der Waals surface area contributed by atoms with Crippen molar-refractivity contribution in [1.29, 1.82) is 0 Å². The minimum atomic E-state index is -0.0241. The van der Waals surface area contributed by atoms with Gasteiger partial charge in [-0.3, -0.25) is 9.48 Å². The number of carbonyl (C=O) groups is 1. The summed E-state index contributed by atoms with van der Waals surface area (Å²) in [4.78, 5) is 16.7. The van der Waals surface area contributed by atoms with Crippen molar-refractivity contribution in [3.05, 3.63) is 41.5 Å². The van der Waals surface area contributed by atoms with E-state index in [2.05, 4.69) is 15.4 Å². The molecule has 0 aliphatic carbocycles. The Morgan fingerprint density at radius 2 is 2.21 bits per heavy atom. The van der Waals surface area contributed by atoms with Crippen molar-refractivity contribution in [2.75, 3.05) is 13.2 Å². The maximum atomic E-state index is 12.4. The highest BCUT2D eigenvalue weighted by molar-refractivity contribution is 5.79. The highest BCUT2D eigenvalue weighted by Crippen LogP contribution is 2.26. The minimum Gasteiger partial charge on any atom is -0.493 e. The van der Waals surface area contributed by atoms with Crippen LogP contribution in [0.5, 0.6) is 5.75 Å². The molecule has 0 bridgehead atoms. The smallest absolute Gasteiger partial charge is 0.223 e. The summed E-state index contributed by atoms with van der Waals surface area (Å²) in [6.07, 6.45) is 2.33. The van der Waals surface area contributed by atoms with E-state index in [0.717, 1.165) is 48.8 Å². The molecule has 1 aliphatic rings. The second-order valence-electron chi connectivity index (χ2n) is 6.22. The largest absolute Gasteiger partial charge is 0.493 e. The van der Waals surface area contributed by atoms with Crippen molar-refractivity contribution in [3.63, 3.8) is 0 Å². The molecule has 1 aromatic carbocycles. The fourth-order valence-electron chi connectivity index (χ4n) is 3.07. The van der Waals surface area contributed by atoms with E-state index in [4.69, 9.17) is 4.74 Å². The summed E-state index contributed by atoms with van der Waals surface area (Å²) in [7, 11) is 0. The van der Waals surface area contributed by atoms with Crippen LogP contribution >= 0.6 is 0 Å². The molecule has 2 aromatic rings. The van der Waals surface area contributed by atoms with E-state index in [0.29, 0.717) is 13.2 Å². The molecule has 3 rings (SSSR count). The molecule has 6 nitrogen and oxygen atoms in total. The van der Waals surface area contributed by atoms with Gasteiger partial charge in [0.25, 0.3) is 0 Å². The summed E-state index contributed by atoms with van der Waals surface area (Å²) in [6.45, 7) is 5.84. The Bertz CT molecular complexity index is 711. The molecular weight excluding hydrogens is 304 g/mol. The van der Waals surface area contributed by atoms with Crippen LogP contribution in [0, 0.1) is 19.8 Å². The van der Waals surface area contributed by atoms with Gasteiger partial charge in [-0.15, -0.1) is 0 Å². The number of rotatable bonds is 5. The first-order chi connectivity index (χ1) is 11.6. The zero-order valence-electron chi connectivity index (χ0n) is 14.3. The highest BCUT2D eigenvalue weighted by atomic mass is 16.5. The average molecular weight is 328 g/mol. The number of aromatic nitrogens is 3. The van der Waals surface area contributed by atoms with Crippen LogP contribution in [-0.2, 0) is 17.8 Å². The number of ether oxygens (including phenoxy) is 1. The molecule has 0 saturated carbocycles. The molecule has 24 heavy (non-hydrogen) atoms. The topological polar surface area (TPSA) is 69.0 Å². The van der Waals surface area contributed by atoms with E-state index in [-0.39, 0.29) is 11.8 Å². The summed E-state index contributed by atoms with van der Waals surface area (Å²) in [6, 6.07) is 7.97. The number of benzene rings is 1. The predicted octanol–water partition coefficient (Wildman–Crippen LogP) is 2.04. The molecule has 1 N–H and O–H groups in total. The number of hydrogen-bond donors (Lipinski definition) is 1. The van der Waals surface area contributed by atoms with Crippen LogP contribution in [0.15, 0.2) is 24.3 Å². The molecule has 0 spiro atoms. The lowest BCUT2D eigenvalue weighted by Gasteiger charge is -2.14. The fourth-order valence-corrected chi connectivity index (χ4v) is 3.07. The first-order valence-corrected chi connectivity index (χ1v) is 8.50. The quantitative estimate of drug-likeness (QED) is 0.853.